The number of carbonyl (C=O) groups excluding carboxylic acids is 1. The standard InChI is InChI=1S/C19H26BrNO5S/c1-19(2,3)26-18(22)21-9-6-13(7-10-21)12-25-16-5-4-15(20)14-8-11-27(23,24)17(14)16/h4-5,13H,6-12H2,1-3H3. The van der Waals surface area contributed by atoms with Crippen molar-refractivity contribution in [2.75, 3.05) is 25.4 Å². The van der Waals surface area contributed by atoms with E-state index in [2.05, 4.69) is 15.9 Å². The number of likely N-dealkylation sites (tertiary alicyclic amines) is 1. The number of halogens is 1. The predicted octanol–water partition coefficient (Wildman–Crippen LogP) is 3.80. The molecule has 0 aliphatic carbocycles. The molecule has 0 atom stereocenters. The van der Waals surface area contributed by atoms with Crippen LogP contribution in [-0.4, -0.2) is 50.5 Å². The number of rotatable bonds is 3. The predicted molar refractivity (Wildman–Crippen MR) is 106 cm³/mol. The van der Waals surface area contributed by atoms with E-state index in [1.54, 1.807) is 11.0 Å². The molecule has 0 radical (unpaired) electrons. The van der Waals surface area contributed by atoms with Gasteiger partial charge in [-0.05, 0) is 63.6 Å². The fourth-order valence-electron chi connectivity index (χ4n) is 3.42. The highest BCUT2D eigenvalue weighted by Crippen LogP contribution is 2.39. The highest BCUT2D eigenvalue weighted by Gasteiger charge is 2.33. The van der Waals surface area contributed by atoms with Crippen molar-refractivity contribution in [3.05, 3.63) is 22.2 Å². The molecule has 0 unspecified atom stereocenters. The van der Waals surface area contributed by atoms with Crippen LogP contribution in [0.4, 0.5) is 4.79 Å². The van der Waals surface area contributed by atoms with Crippen LogP contribution in [0.3, 0.4) is 0 Å². The molecule has 27 heavy (non-hydrogen) atoms. The number of amides is 1. The second-order valence-electron chi connectivity index (χ2n) is 8.14. The van der Waals surface area contributed by atoms with Crippen molar-refractivity contribution in [3.63, 3.8) is 0 Å². The van der Waals surface area contributed by atoms with Crippen molar-refractivity contribution in [1.29, 1.82) is 0 Å². The first kappa shape index (κ1) is 20.5. The number of sulfone groups is 1. The van der Waals surface area contributed by atoms with Gasteiger partial charge in [0.2, 0.25) is 0 Å². The highest BCUT2D eigenvalue weighted by atomic mass is 79.9. The fraction of sp³-hybridized carbons (Fsp3) is 0.632. The molecule has 2 heterocycles. The Hall–Kier alpha value is -1.28. The van der Waals surface area contributed by atoms with E-state index < -0.39 is 15.4 Å². The number of nitrogens with zero attached hydrogens (tertiary/aromatic N) is 1. The Labute approximate surface area is 169 Å². The minimum Gasteiger partial charge on any atom is -0.492 e. The lowest BCUT2D eigenvalue weighted by atomic mass is 9.98. The van der Waals surface area contributed by atoms with Crippen LogP contribution in [0, 0.1) is 5.92 Å². The zero-order valence-corrected chi connectivity index (χ0v) is 18.4. The maximum Gasteiger partial charge on any atom is 0.410 e. The van der Waals surface area contributed by atoms with Crippen molar-refractivity contribution in [1.82, 2.24) is 4.90 Å². The Morgan fingerprint density at radius 2 is 1.93 bits per heavy atom. The van der Waals surface area contributed by atoms with Crippen LogP contribution in [-0.2, 0) is 21.0 Å². The molecular formula is C19H26BrNO5S. The van der Waals surface area contributed by atoms with E-state index in [4.69, 9.17) is 9.47 Å². The maximum atomic E-state index is 12.4. The second-order valence-corrected chi connectivity index (χ2v) is 11.0. The molecular weight excluding hydrogens is 434 g/mol. The average Bonchev–Trinajstić information content (AvgIpc) is 2.90. The summed E-state index contributed by atoms with van der Waals surface area (Å²) in [6.45, 7) is 7.27. The molecule has 1 fully saturated rings. The van der Waals surface area contributed by atoms with Gasteiger partial charge in [-0.2, -0.15) is 0 Å². The van der Waals surface area contributed by atoms with Gasteiger partial charge in [0.05, 0.1) is 12.4 Å². The number of carbonyl (C=O) groups is 1. The maximum absolute atomic E-state index is 12.4. The first-order valence-corrected chi connectivity index (χ1v) is 11.7. The number of hydrogen-bond acceptors (Lipinski definition) is 5. The fourth-order valence-corrected chi connectivity index (χ4v) is 5.78. The van der Waals surface area contributed by atoms with E-state index in [0.29, 0.717) is 36.8 Å². The zero-order chi connectivity index (χ0) is 19.8. The van der Waals surface area contributed by atoms with E-state index in [0.717, 1.165) is 22.9 Å². The molecule has 2 aliphatic rings. The number of ether oxygens (including phenoxy) is 2. The Bertz CT molecular complexity index is 823. The average molecular weight is 460 g/mol. The van der Waals surface area contributed by atoms with E-state index in [1.807, 2.05) is 26.8 Å². The van der Waals surface area contributed by atoms with Crippen LogP contribution in [0.1, 0.15) is 39.2 Å². The van der Waals surface area contributed by atoms with E-state index >= 15 is 0 Å². The van der Waals surface area contributed by atoms with Gasteiger partial charge in [-0.3, -0.25) is 0 Å². The minimum atomic E-state index is -3.27. The molecule has 0 spiro atoms. The van der Waals surface area contributed by atoms with Crippen molar-refractivity contribution in [2.45, 2.75) is 50.5 Å². The van der Waals surface area contributed by atoms with Crippen LogP contribution >= 0.6 is 15.9 Å². The molecule has 1 amide bonds. The third-order valence-corrected chi connectivity index (χ3v) is 7.39. The number of hydrogen-bond donors (Lipinski definition) is 0. The Balaban J connectivity index is 1.58. The van der Waals surface area contributed by atoms with Crippen LogP contribution in [0.15, 0.2) is 21.5 Å². The summed E-state index contributed by atoms with van der Waals surface area (Å²) in [4.78, 5) is 14.2. The summed E-state index contributed by atoms with van der Waals surface area (Å²) in [5.74, 6) is 0.864. The van der Waals surface area contributed by atoms with E-state index in [-0.39, 0.29) is 17.8 Å². The highest BCUT2D eigenvalue weighted by molar-refractivity contribution is 9.10. The van der Waals surface area contributed by atoms with Crippen LogP contribution < -0.4 is 4.74 Å². The molecule has 6 nitrogen and oxygen atoms in total. The molecule has 0 saturated carbocycles. The summed E-state index contributed by atoms with van der Waals surface area (Å²) < 4.78 is 36.8. The molecule has 0 aromatic heterocycles. The summed E-state index contributed by atoms with van der Waals surface area (Å²) in [6, 6.07) is 3.57. The van der Waals surface area contributed by atoms with Gasteiger partial charge < -0.3 is 14.4 Å². The third kappa shape index (κ3) is 4.77. The summed E-state index contributed by atoms with van der Waals surface area (Å²) >= 11 is 3.43. The first-order chi connectivity index (χ1) is 12.6. The molecule has 3 rings (SSSR count). The lowest BCUT2D eigenvalue weighted by Gasteiger charge is -2.33. The SMILES string of the molecule is CC(C)(C)OC(=O)N1CCC(COc2ccc(Br)c3c2S(=O)(=O)CC3)CC1. The van der Waals surface area contributed by atoms with Gasteiger partial charge in [0.15, 0.2) is 9.84 Å². The Kier molecular flexibility index (Phi) is 5.77. The molecule has 0 N–H and O–H groups in total. The molecule has 1 saturated heterocycles. The lowest BCUT2D eigenvalue weighted by molar-refractivity contribution is 0.0164. The van der Waals surface area contributed by atoms with Crippen molar-refractivity contribution in [3.8, 4) is 5.75 Å². The largest absolute Gasteiger partial charge is 0.492 e. The summed E-state index contributed by atoms with van der Waals surface area (Å²) in [5, 5.41) is 0. The Morgan fingerprint density at radius 1 is 1.26 bits per heavy atom. The number of piperidine rings is 1. The minimum absolute atomic E-state index is 0.135. The first-order valence-electron chi connectivity index (χ1n) is 9.22. The van der Waals surface area contributed by atoms with Gasteiger partial charge in [-0.25, -0.2) is 13.2 Å². The van der Waals surface area contributed by atoms with Crippen molar-refractivity contribution < 1.29 is 22.7 Å². The zero-order valence-electron chi connectivity index (χ0n) is 16.0. The van der Waals surface area contributed by atoms with Crippen LogP contribution in [0.5, 0.6) is 5.75 Å². The summed E-state index contributed by atoms with van der Waals surface area (Å²) in [7, 11) is -3.27. The van der Waals surface area contributed by atoms with Crippen LogP contribution in [0.2, 0.25) is 0 Å². The quantitative estimate of drug-likeness (QED) is 0.686. The number of fused-ring (bicyclic) bond motifs is 1. The van der Waals surface area contributed by atoms with Crippen LogP contribution in [0.25, 0.3) is 0 Å². The third-order valence-electron chi connectivity index (χ3n) is 4.84. The second kappa shape index (κ2) is 7.62. The molecule has 150 valence electrons. The summed E-state index contributed by atoms with van der Waals surface area (Å²) in [5.41, 5.74) is 0.317. The molecule has 1 aromatic carbocycles. The normalized spacial score (nSPS) is 19.6. The molecule has 2 aliphatic heterocycles. The smallest absolute Gasteiger partial charge is 0.410 e. The van der Waals surface area contributed by atoms with Gasteiger partial charge in [0.1, 0.15) is 16.2 Å². The lowest BCUT2D eigenvalue weighted by Crippen LogP contribution is -2.42. The van der Waals surface area contributed by atoms with Gasteiger partial charge in [-0.1, -0.05) is 15.9 Å². The van der Waals surface area contributed by atoms with Gasteiger partial charge in [0, 0.05) is 17.6 Å². The molecule has 8 heteroatoms. The summed E-state index contributed by atoms with van der Waals surface area (Å²) in [6.07, 6.45) is 1.86. The topological polar surface area (TPSA) is 72.9 Å². The monoisotopic (exact) mass is 459 g/mol. The molecule has 1 aromatic rings. The van der Waals surface area contributed by atoms with Gasteiger partial charge >= 0.3 is 6.09 Å². The Morgan fingerprint density at radius 3 is 2.56 bits per heavy atom. The van der Waals surface area contributed by atoms with Crippen molar-refractivity contribution in [2.24, 2.45) is 5.92 Å². The van der Waals surface area contributed by atoms with Crippen molar-refractivity contribution >= 4 is 31.9 Å². The van der Waals surface area contributed by atoms with Gasteiger partial charge in [-0.15, -0.1) is 0 Å². The van der Waals surface area contributed by atoms with Gasteiger partial charge in [0.25, 0.3) is 0 Å². The van der Waals surface area contributed by atoms with E-state index in [9.17, 15) is 13.2 Å². The molecule has 0 bridgehead atoms. The number of benzene rings is 1. The van der Waals surface area contributed by atoms with E-state index in [1.165, 1.54) is 0 Å².